The van der Waals surface area contributed by atoms with Crippen LogP contribution in [0.2, 0.25) is 0 Å². The molecule has 1 amide bonds. The third-order valence-corrected chi connectivity index (χ3v) is 2.68. The fraction of sp³-hybridized carbons (Fsp3) is 0.533. The van der Waals surface area contributed by atoms with Crippen molar-refractivity contribution in [3.05, 3.63) is 23.8 Å². The second-order valence-electron chi connectivity index (χ2n) is 4.02. The maximum absolute atomic E-state index is 12.7. The lowest BCUT2D eigenvalue weighted by molar-refractivity contribution is -0.137. The summed E-state index contributed by atoms with van der Waals surface area (Å²) in [5.74, 6) is -0.291. The van der Waals surface area contributed by atoms with E-state index in [0.29, 0.717) is 18.8 Å². The summed E-state index contributed by atoms with van der Waals surface area (Å²) in [5, 5.41) is 2.96. The van der Waals surface area contributed by atoms with Gasteiger partial charge < -0.3 is 10.2 Å². The number of nitrogens with zero attached hydrogens (tertiary/aromatic N) is 1. The van der Waals surface area contributed by atoms with E-state index in [1.807, 2.05) is 20.8 Å². The Kier molecular flexibility index (Phi) is 7.84. The van der Waals surface area contributed by atoms with Crippen LogP contribution in [0.4, 0.5) is 24.5 Å². The van der Waals surface area contributed by atoms with Crippen LogP contribution in [0.15, 0.2) is 18.2 Å². The van der Waals surface area contributed by atoms with E-state index in [4.69, 9.17) is 0 Å². The number of carbonyl (C=O) groups excluding carboxylic acids is 1. The zero-order chi connectivity index (χ0) is 16.6. The fourth-order valence-corrected chi connectivity index (χ4v) is 1.83. The second-order valence-corrected chi connectivity index (χ2v) is 4.02. The first-order valence-electron chi connectivity index (χ1n) is 7.04. The molecular weight excluding hydrogens is 281 g/mol. The SMILES string of the molecule is CC.CCNc1ccc(C(F)(F)F)cc1N(CC)C(C)=O. The first kappa shape index (κ1) is 19.3. The molecule has 0 aliphatic rings. The van der Waals surface area contributed by atoms with Gasteiger partial charge in [0.15, 0.2) is 0 Å². The van der Waals surface area contributed by atoms with Gasteiger partial charge in [-0.2, -0.15) is 13.2 Å². The molecule has 1 N–H and O–H groups in total. The number of rotatable bonds is 4. The maximum atomic E-state index is 12.7. The smallest absolute Gasteiger partial charge is 0.384 e. The highest BCUT2D eigenvalue weighted by molar-refractivity contribution is 5.95. The molecule has 6 heteroatoms. The number of halogens is 3. The molecule has 1 aromatic carbocycles. The molecule has 0 bridgehead atoms. The lowest BCUT2D eigenvalue weighted by Crippen LogP contribution is -2.29. The van der Waals surface area contributed by atoms with Gasteiger partial charge in [0.1, 0.15) is 0 Å². The molecule has 0 heterocycles. The Morgan fingerprint density at radius 2 is 1.81 bits per heavy atom. The zero-order valence-corrected chi connectivity index (χ0v) is 13.1. The van der Waals surface area contributed by atoms with E-state index in [1.54, 1.807) is 6.92 Å². The van der Waals surface area contributed by atoms with E-state index in [-0.39, 0.29) is 11.6 Å². The van der Waals surface area contributed by atoms with Crippen molar-refractivity contribution in [1.29, 1.82) is 0 Å². The molecule has 0 spiro atoms. The summed E-state index contributed by atoms with van der Waals surface area (Å²) in [6.07, 6.45) is -4.42. The molecule has 1 aromatic rings. The largest absolute Gasteiger partial charge is 0.416 e. The summed E-state index contributed by atoms with van der Waals surface area (Å²) < 4.78 is 38.2. The van der Waals surface area contributed by atoms with Crippen molar-refractivity contribution in [2.45, 2.75) is 40.8 Å². The van der Waals surface area contributed by atoms with Crippen LogP contribution in [0.5, 0.6) is 0 Å². The predicted molar refractivity (Wildman–Crippen MR) is 80.7 cm³/mol. The van der Waals surface area contributed by atoms with Crippen molar-refractivity contribution in [3.8, 4) is 0 Å². The van der Waals surface area contributed by atoms with Gasteiger partial charge in [0.25, 0.3) is 0 Å². The Bertz CT molecular complexity index is 459. The summed E-state index contributed by atoms with van der Waals surface area (Å²) in [7, 11) is 0. The predicted octanol–water partition coefficient (Wildman–Crippen LogP) is 4.54. The van der Waals surface area contributed by atoms with Crippen LogP contribution in [0.25, 0.3) is 0 Å². The number of benzene rings is 1. The fourth-order valence-electron chi connectivity index (χ4n) is 1.83. The standard InChI is InChI=1S/C13H17F3N2O.C2H6/c1-4-17-11-7-6-10(13(14,15)16)8-12(11)18(5-2)9(3)19;1-2/h6-8,17H,4-5H2,1-3H3;1-2H3. The van der Waals surface area contributed by atoms with Crippen molar-refractivity contribution < 1.29 is 18.0 Å². The van der Waals surface area contributed by atoms with Gasteiger partial charge in [-0.3, -0.25) is 4.79 Å². The van der Waals surface area contributed by atoms with E-state index >= 15 is 0 Å². The first-order chi connectivity index (χ1) is 9.81. The second kappa shape index (κ2) is 8.54. The molecule has 0 aromatic heterocycles. The molecule has 0 atom stereocenters. The molecule has 0 unspecified atom stereocenters. The molecule has 0 saturated heterocycles. The van der Waals surface area contributed by atoms with E-state index in [9.17, 15) is 18.0 Å². The number of nitrogens with one attached hydrogen (secondary N) is 1. The lowest BCUT2D eigenvalue weighted by atomic mass is 10.1. The Morgan fingerprint density at radius 1 is 1.24 bits per heavy atom. The summed E-state index contributed by atoms with van der Waals surface area (Å²) in [5.41, 5.74) is 0.0167. The zero-order valence-electron chi connectivity index (χ0n) is 13.1. The van der Waals surface area contributed by atoms with Crippen molar-refractivity contribution in [3.63, 3.8) is 0 Å². The van der Waals surface area contributed by atoms with Gasteiger partial charge in [0.05, 0.1) is 16.9 Å². The van der Waals surface area contributed by atoms with Crippen molar-refractivity contribution in [2.24, 2.45) is 0 Å². The molecule has 1 rings (SSSR count). The highest BCUT2D eigenvalue weighted by Crippen LogP contribution is 2.35. The van der Waals surface area contributed by atoms with Gasteiger partial charge in [0.2, 0.25) is 5.91 Å². The van der Waals surface area contributed by atoms with Crippen molar-refractivity contribution in [2.75, 3.05) is 23.3 Å². The number of carbonyl (C=O) groups is 1. The van der Waals surface area contributed by atoms with Gasteiger partial charge in [-0.15, -0.1) is 0 Å². The lowest BCUT2D eigenvalue weighted by Gasteiger charge is -2.24. The highest BCUT2D eigenvalue weighted by atomic mass is 19.4. The molecule has 21 heavy (non-hydrogen) atoms. The van der Waals surface area contributed by atoms with Crippen molar-refractivity contribution in [1.82, 2.24) is 0 Å². The van der Waals surface area contributed by atoms with Gasteiger partial charge in [-0.25, -0.2) is 0 Å². The maximum Gasteiger partial charge on any atom is 0.416 e. The van der Waals surface area contributed by atoms with Crippen LogP contribution >= 0.6 is 0 Å². The van der Waals surface area contributed by atoms with Gasteiger partial charge in [0, 0.05) is 20.0 Å². The van der Waals surface area contributed by atoms with Crippen LogP contribution in [-0.4, -0.2) is 19.0 Å². The molecule has 0 aliphatic heterocycles. The minimum absolute atomic E-state index is 0.256. The quantitative estimate of drug-likeness (QED) is 0.886. The summed E-state index contributed by atoms with van der Waals surface area (Å²) in [4.78, 5) is 12.8. The van der Waals surface area contributed by atoms with Crippen molar-refractivity contribution >= 4 is 17.3 Å². The minimum atomic E-state index is -4.42. The summed E-state index contributed by atoms with van der Waals surface area (Å²) >= 11 is 0. The topological polar surface area (TPSA) is 32.3 Å². The highest BCUT2D eigenvalue weighted by Gasteiger charge is 2.31. The summed E-state index contributed by atoms with van der Waals surface area (Å²) in [6.45, 7) is 9.77. The van der Waals surface area contributed by atoms with Crippen LogP contribution in [0.3, 0.4) is 0 Å². The average molecular weight is 304 g/mol. The van der Waals surface area contributed by atoms with Crippen LogP contribution in [0.1, 0.15) is 40.2 Å². The Morgan fingerprint density at radius 3 is 2.19 bits per heavy atom. The molecule has 0 saturated carbocycles. The molecule has 3 nitrogen and oxygen atoms in total. The number of anilines is 2. The van der Waals surface area contributed by atoms with Crippen LogP contribution in [0, 0.1) is 0 Å². The number of alkyl halides is 3. The van der Waals surface area contributed by atoms with Crippen LogP contribution < -0.4 is 10.2 Å². The molecule has 0 fully saturated rings. The molecule has 0 aliphatic carbocycles. The number of hydrogen-bond acceptors (Lipinski definition) is 2. The Labute approximate surface area is 124 Å². The third-order valence-electron chi connectivity index (χ3n) is 2.68. The Balaban J connectivity index is 0.00000191. The minimum Gasteiger partial charge on any atom is -0.384 e. The molecular formula is C15H23F3N2O. The van der Waals surface area contributed by atoms with E-state index in [1.165, 1.54) is 17.9 Å². The monoisotopic (exact) mass is 304 g/mol. The molecule has 120 valence electrons. The average Bonchev–Trinajstić information content (AvgIpc) is 2.42. The third kappa shape index (κ3) is 5.28. The van der Waals surface area contributed by atoms with Crippen LogP contribution in [-0.2, 0) is 11.0 Å². The van der Waals surface area contributed by atoms with E-state index in [2.05, 4.69) is 5.32 Å². The van der Waals surface area contributed by atoms with Gasteiger partial charge in [-0.05, 0) is 32.0 Å². The van der Waals surface area contributed by atoms with Gasteiger partial charge in [-0.1, -0.05) is 13.8 Å². The summed E-state index contributed by atoms with van der Waals surface area (Å²) in [6, 6.07) is 3.37. The number of hydrogen-bond donors (Lipinski definition) is 1. The van der Waals surface area contributed by atoms with E-state index in [0.717, 1.165) is 12.1 Å². The van der Waals surface area contributed by atoms with E-state index < -0.39 is 11.7 Å². The normalized spacial score (nSPS) is 10.5. The van der Waals surface area contributed by atoms with Gasteiger partial charge >= 0.3 is 6.18 Å². The molecule has 0 radical (unpaired) electrons. The number of amides is 1. The Hall–Kier alpha value is -1.72. The first-order valence-corrected chi connectivity index (χ1v) is 7.04.